The molecule has 9 nitrogen and oxygen atoms in total. The first-order valence-corrected chi connectivity index (χ1v) is 10.7. The molecule has 9 heteroatoms. The molecular formula is C24H25N5O4. The lowest BCUT2D eigenvalue weighted by Crippen LogP contribution is -2.23. The summed E-state index contributed by atoms with van der Waals surface area (Å²) in [6, 6.07) is 14.2. The van der Waals surface area contributed by atoms with E-state index < -0.39 is 0 Å². The number of aromatic amines is 1. The highest BCUT2D eigenvalue weighted by molar-refractivity contribution is 5.91. The number of hydrogen-bond acceptors (Lipinski definition) is 6. The second-order valence-electron chi connectivity index (χ2n) is 7.78. The lowest BCUT2D eigenvalue weighted by molar-refractivity contribution is -0.118. The quantitative estimate of drug-likeness (QED) is 0.423. The molecule has 3 aromatic heterocycles. The first kappa shape index (κ1) is 22.1. The van der Waals surface area contributed by atoms with E-state index in [-0.39, 0.29) is 24.0 Å². The number of hydrogen-bond donors (Lipinski definition) is 2. The molecular weight excluding hydrogens is 422 g/mol. The second-order valence-corrected chi connectivity index (χ2v) is 7.78. The molecule has 170 valence electrons. The van der Waals surface area contributed by atoms with Crippen LogP contribution in [-0.4, -0.2) is 32.3 Å². The fourth-order valence-electron chi connectivity index (χ4n) is 3.23. The van der Waals surface area contributed by atoms with Gasteiger partial charge < -0.3 is 14.5 Å². The van der Waals surface area contributed by atoms with Crippen LogP contribution in [0.1, 0.15) is 37.9 Å². The van der Waals surface area contributed by atoms with Gasteiger partial charge in [-0.2, -0.15) is 9.78 Å². The van der Waals surface area contributed by atoms with Gasteiger partial charge in [0, 0.05) is 17.8 Å². The molecule has 0 unspecified atom stereocenters. The molecule has 0 saturated carbocycles. The Bertz CT molecular complexity index is 1290. The number of nitrogens with one attached hydrogen (secondary N) is 2. The van der Waals surface area contributed by atoms with Crippen molar-refractivity contribution in [2.75, 3.05) is 11.9 Å². The number of amides is 1. The van der Waals surface area contributed by atoms with Gasteiger partial charge in [-0.05, 0) is 42.2 Å². The highest BCUT2D eigenvalue weighted by Crippen LogP contribution is 2.24. The van der Waals surface area contributed by atoms with Crippen molar-refractivity contribution in [3.8, 4) is 23.2 Å². The molecule has 0 radical (unpaired) electrons. The van der Waals surface area contributed by atoms with Gasteiger partial charge in [-0.15, -0.1) is 0 Å². The van der Waals surface area contributed by atoms with E-state index in [9.17, 15) is 9.59 Å². The summed E-state index contributed by atoms with van der Waals surface area (Å²) in [7, 11) is 0. The topological polar surface area (TPSA) is 115 Å². The Morgan fingerprint density at radius 1 is 1.21 bits per heavy atom. The minimum absolute atomic E-state index is 0.192. The van der Waals surface area contributed by atoms with Crippen molar-refractivity contribution < 1.29 is 13.9 Å². The molecule has 4 rings (SSSR count). The Hall–Kier alpha value is -4.14. The second kappa shape index (κ2) is 9.56. The Labute approximate surface area is 190 Å². The van der Waals surface area contributed by atoms with Crippen molar-refractivity contribution in [2.45, 2.75) is 33.1 Å². The standard InChI is InChI=1S/C24H25N5O4/c1-4-17-12-22(30)27-24(25-17)29-21(13-19(28-29)20-6-5-11-32-20)26-23(31)14-33-18-9-7-16(8-10-18)15(2)3/h5-13,15H,4,14H2,1-3H3,(H,26,31)(H,25,27,30). The fraction of sp³-hybridized carbons (Fsp3) is 0.250. The van der Waals surface area contributed by atoms with Gasteiger partial charge >= 0.3 is 0 Å². The number of benzene rings is 1. The first-order valence-electron chi connectivity index (χ1n) is 10.7. The van der Waals surface area contributed by atoms with E-state index in [1.54, 1.807) is 18.2 Å². The fourth-order valence-corrected chi connectivity index (χ4v) is 3.23. The predicted octanol–water partition coefficient (Wildman–Crippen LogP) is 3.92. The Balaban J connectivity index is 1.56. The van der Waals surface area contributed by atoms with Crippen molar-refractivity contribution in [2.24, 2.45) is 0 Å². The zero-order valence-electron chi connectivity index (χ0n) is 18.7. The third kappa shape index (κ3) is 5.20. The van der Waals surface area contributed by atoms with Crippen LogP contribution in [0.25, 0.3) is 17.4 Å². The average molecular weight is 447 g/mol. The maximum absolute atomic E-state index is 12.6. The monoisotopic (exact) mass is 447 g/mol. The Morgan fingerprint density at radius 3 is 2.67 bits per heavy atom. The van der Waals surface area contributed by atoms with Crippen LogP contribution in [0.5, 0.6) is 5.75 Å². The molecule has 0 saturated heterocycles. The Morgan fingerprint density at radius 2 is 2.00 bits per heavy atom. The molecule has 4 aromatic rings. The number of aryl methyl sites for hydroxylation is 1. The van der Waals surface area contributed by atoms with Gasteiger partial charge in [-0.25, -0.2) is 4.98 Å². The van der Waals surface area contributed by atoms with Gasteiger partial charge in [0.05, 0.1) is 6.26 Å². The zero-order chi connectivity index (χ0) is 23.4. The minimum Gasteiger partial charge on any atom is -0.484 e. The maximum Gasteiger partial charge on any atom is 0.263 e. The SMILES string of the molecule is CCc1cc(=O)[nH]c(-n2nc(-c3ccco3)cc2NC(=O)COc2ccc(C(C)C)cc2)n1. The van der Waals surface area contributed by atoms with Crippen molar-refractivity contribution in [1.82, 2.24) is 19.7 Å². The van der Waals surface area contributed by atoms with Gasteiger partial charge in [-0.3, -0.25) is 14.6 Å². The zero-order valence-corrected chi connectivity index (χ0v) is 18.7. The van der Waals surface area contributed by atoms with Crippen molar-refractivity contribution in [3.05, 3.63) is 76.4 Å². The van der Waals surface area contributed by atoms with Gasteiger partial charge in [0.15, 0.2) is 12.4 Å². The van der Waals surface area contributed by atoms with E-state index >= 15 is 0 Å². The van der Waals surface area contributed by atoms with Crippen molar-refractivity contribution in [3.63, 3.8) is 0 Å². The normalized spacial score (nSPS) is 11.0. The largest absolute Gasteiger partial charge is 0.484 e. The summed E-state index contributed by atoms with van der Waals surface area (Å²) in [4.78, 5) is 31.8. The van der Waals surface area contributed by atoms with E-state index in [2.05, 4.69) is 34.2 Å². The molecule has 33 heavy (non-hydrogen) atoms. The van der Waals surface area contributed by atoms with Crippen LogP contribution >= 0.6 is 0 Å². The van der Waals surface area contributed by atoms with Crippen LogP contribution < -0.4 is 15.6 Å². The van der Waals surface area contributed by atoms with E-state index in [1.807, 2.05) is 31.2 Å². The number of ether oxygens (including phenoxy) is 1. The lowest BCUT2D eigenvalue weighted by atomic mass is 10.0. The molecule has 3 heterocycles. The van der Waals surface area contributed by atoms with Gasteiger partial charge in [0.25, 0.3) is 11.5 Å². The van der Waals surface area contributed by atoms with E-state index in [0.717, 1.165) is 0 Å². The summed E-state index contributed by atoms with van der Waals surface area (Å²) >= 11 is 0. The van der Waals surface area contributed by atoms with Gasteiger partial charge in [0.2, 0.25) is 5.95 Å². The van der Waals surface area contributed by atoms with Crippen LogP contribution in [0.2, 0.25) is 0 Å². The number of H-pyrrole nitrogens is 1. The number of anilines is 1. The summed E-state index contributed by atoms with van der Waals surface area (Å²) in [6.45, 7) is 5.93. The summed E-state index contributed by atoms with van der Waals surface area (Å²) in [5, 5.41) is 7.25. The minimum atomic E-state index is -0.385. The number of carbonyl (C=O) groups excluding carboxylic acids is 1. The highest BCUT2D eigenvalue weighted by Gasteiger charge is 2.17. The molecule has 1 amide bonds. The van der Waals surface area contributed by atoms with E-state index in [0.29, 0.717) is 41.1 Å². The smallest absolute Gasteiger partial charge is 0.263 e. The van der Waals surface area contributed by atoms with Gasteiger partial charge in [0.1, 0.15) is 17.3 Å². The molecule has 0 spiro atoms. The van der Waals surface area contributed by atoms with Crippen molar-refractivity contribution in [1.29, 1.82) is 0 Å². The van der Waals surface area contributed by atoms with Crippen LogP contribution in [0.3, 0.4) is 0 Å². The Kier molecular flexibility index (Phi) is 6.39. The number of furan rings is 1. The van der Waals surface area contributed by atoms with Crippen LogP contribution in [0, 0.1) is 0 Å². The van der Waals surface area contributed by atoms with E-state index in [1.165, 1.54) is 22.6 Å². The molecule has 0 aliphatic rings. The van der Waals surface area contributed by atoms with E-state index in [4.69, 9.17) is 9.15 Å². The summed E-state index contributed by atoms with van der Waals surface area (Å²) in [5.41, 5.74) is 1.97. The summed E-state index contributed by atoms with van der Waals surface area (Å²) in [5.74, 6) is 1.65. The third-order valence-corrected chi connectivity index (χ3v) is 5.01. The molecule has 2 N–H and O–H groups in total. The predicted molar refractivity (Wildman–Crippen MR) is 124 cm³/mol. The van der Waals surface area contributed by atoms with Crippen LogP contribution in [-0.2, 0) is 11.2 Å². The third-order valence-electron chi connectivity index (χ3n) is 5.01. The highest BCUT2D eigenvalue weighted by atomic mass is 16.5. The molecule has 1 aromatic carbocycles. The number of carbonyl (C=O) groups is 1. The molecule has 0 aliphatic heterocycles. The summed E-state index contributed by atoms with van der Waals surface area (Å²) in [6.07, 6.45) is 2.11. The lowest BCUT2D eigenvalue weighted by Gasteiger charge is -2.10. The number of aromatic nitrogens is 4. The number of nitrogens with zero attached hydrogens (tertiary/aromatic N) is 3. The molecule has 0 aliphatic carbocycles. The van der Waals surface area contributed by atoms with Gasteiger partial charge in [-0.1, -0.05) is 32.9 Å². The first-order chi connectivity index (χ1) is 15.9. The molecule has 0 bridgehead atoms. The maximum atomic E-state index is 12.6. The summed E-state index contributed by atoms with van der Waals surface area (Å²) < 4.78 is 12.4. The molecule has 0 atom stereocenters. The van der Waals surface area contributed by atoms with Crippen LogP contribution in [0.4, 0.5) is 5.82 Å². The molecule has 0 fully saturated rings. The average Bonchev–Trinajstić information content (AvgIpc) is 3.47. The number of rotatable bonds is 8. The van der Waals surface area contributed by atoms with Crippen LogP contribution in [0.15, 0.2) is 64.0 Å². The van der Waals surface area contributed by atoms with Crippen molar-refractivity contribution >= 4 is 11.7 Å².